The SMILES string of the molecule is CC(C)CCc1nnc(CO)n1CC(C)C. The Morgan fingerprint density at radius 2 is 1.69 bits per heavy atom. The first kappa shape index (κ1) is 13.2. The molecule has 4 heteroatoms. The molecule has 0 aromatic carbocycles. The Balaban J connectivity index is 2.78. The second kappa shape index (κ2) is 5.99. The van der Waals surface area contributed by atoms with E-state index < -0.39 is 0 Å². The minimum Gasteiger partial charge on any atom is -0.388 e. The summed E-state index contributed by atoms with van der Waals surface area (Å²) in [4.78, 5) is 0. The molecular formula is C12H23N3O. The highest BCUT2D eigenvalue weighted by Gasteiger charge is 2.12. The van der Waals surface area contributed by atoms with Crippen molar-refractivity contribution in [2.75, 3.05) is 0 Å². The van der Waals surface area contributed by atoms with Crippen LogP contribution < -0.4 is 0 Å². The fourth-order valence-electron chi connectivity index (χ4n) is 1.67. The number of aliphatic hydroxyl groups is 1. The summed E-state index contributed by atoms with van der Waals surface area (Å²) < 4.78 is 2.06. The molecule has 4 nitrogen and oxygen atoms in total. The van der Waals surface area contributed by atoms with E-state index in [-0.39, 0.29) is 6.61 Å². The van der Waals surface area contributed by atoms with Crippen LogP contribution in [0, 0.1) is 11.8 Å². The van der Waals surface area contributed by atoms with Gasteiger partial charge in [-0.25, -0.2) is 0 Å². The first-order valence-electron chi connectivity index (χ1n) is 6.06. The highest BCUT2D eigenvalue weighted by atomic mass is 16.3. The van der Waals surface area contributed by atoms with Crippen LogP contribution in [0.4, 0.5) is 0 Å². The molecule has 0 aliphatic rings. The number of aryl methyl sites for hydroxylation is 1. The molecule has 1 heterocycles. The Morgan fingerprint density at radius 1 is 1.06 bits per heavy atom. The predicted octanol–water partition coefficient (Wildman–Crippen LogP) is 2.02. The molecule has 0 saturated carbocycles. The van der Waals surface area contributed by atoms with Crippen molar-refractivity contribution in [2.24, 2.45) is 11.8 Å². The zero-order chi connectivity index (χ0) is 12.1. The fourth-order valence-corrected chi connectivity index (χ4v) is 1.67. The second-order valence-electron chi connectivity index (χ2n) is 5.13. The summed E-state index contributed by atoms with van der Waals surface area (Å²) in [5.74, 6) is 2.90. The molecule has 0 atom stereocenters. The zero-order valence-corrected chi connectivity index (χ0v) is 10.8. The van der Waals surface area contributed by atoms with Crippen molar-refractivity contribution in [1.82, 2.24) is 14.8 Å². The average molecular weight is 225 g/mol. The van der Waals surface area contributed by atoms with Crippen LogP contribution in [-0.4, -0.2) is 19.9 Å². The highest BCUT2D eigenvalue weighted by Crippen LogP contribution is 2.11. The highest BCUT2D eigenvalue weighted by molar-refractivity contribution is 4.95. The minimum absolute atomic E-state index is 0.0264. The largest absolute Gasteiger partial charge is 0.388 e. The van der Waals surface area contributed by atoms with Gasteiger partial charge in [-0.15, -0.1) is 10.2 Å². The van der Waals surface area contributed by atoms with Gasteiger partial charge in [0.15, 0.2) is 5.82 Å². The van der Waals surface area contributed by atoms with E-state index in [1.165, 1.54) is 0 Å². The lowest BCUT2D eigenvalue weighted by Gasteiger charge is -2.12. The summed E-state index contributed by atoms with van der Waals surface area (Å²) in [7, 11) is 0. The van der Waals surface area contributed by atoms with Gasteiger partial charge in [-0.1, -0.05) is 27.7 Å². The van der Waals surface area contributed by atoms with E-state index in [1.54, 1.807) is 0 Å². The van der Waals surface area contributed by atoms with Crippen molar-refractivity contribution in [3.8, 4) is 0 Å². The maximum atomic E-state index is 9.20. The molecule has 1 aromatic heterocycles. The number of aliphatic hydroxyl groups excluding tert-OH is 1. The first-order chi connectivity index (χ1) is 7.54. The van der Waals surface area contributed by atoms with Gasteiger partial charge in [-0.05, 0) is 18.3 Å². The smallest absolute Gasteiger partial charge is 0.158 e. The van der Waals surface area contributed by atoms with Crippen LogP contribution in [0.1, 0.15) is 45.8 Å². The molecule has 0 fully saturated rings. The molecule has 0 aliphatic heterocycles. The lowest BCUT2D eigenvalue weighted by molar-refractivity contribution is 0.261. The molecule has 0 radical (unpaired) electrons. The van der Waals surface area contributed by atoms with Crippen LogP contribution in [0.3, 0.4) is 0 Å². The van der Waals surface area contributed by atoms with Crippen molar-refractivity contribution in [2.45, 2.75) is 53.7 Å². The van der Waals surface area contributed by atoms with Crippen molar-refractivity contribution in [3.63, 3.8) is 0 Å². The van der Waals surface area contributed by atoms with Gasteiger partial charge in [0.2, 0.25) is 0 Å². The fraction of sp³-hybridized carbons (Fsp3) is 0.833. The molecular weight excluding hydrogens is 202 g/mol. The third-order valence-electron chi connectivity index (χ3n) is 2.54. The third-order valence-corrected chi connectivity index (χ3v) is 2.54. The number of hydrogen-bond acceptors (Lipinski definition) is 3. The molecule has 1 rings (SSSR count). The Morgan fingerprint density at radius 3 is 2.19 bits per heavy atom. The van der Waals surface area contributed by atoms with Gasteiger partial charge in [0.05, 0.1) is 0 Å². The van der Waals surface area contributed by atoms with E-state index in [1.807, 2.05) is 0 Å². The first-order valence-corrected chi connectivity index (χ1v) is 6.06. The second-order valence-corrected chi connectivity index (χ2v) is 5.13. The molecule has 0 bridgehead atoms. The Labute approximate surface area is 97.7 Å². The monoisotopic (exact) mass is 225 g/mol. The molecule has 0 unspecified atom stereocenters. The standard InChI is InChI=1S/C12H23N3O/c1-9(2)5-6-11-13-14-12(8-16)15(11)7-10(3)4/h9-10,16H,5-8H2,1-4H3. The Hall–Kier alpha value is -0.900. The molecule has 1 aromatic rings. The lowest BCUT2D eigenvalue weighted by Crippen LogP contribution is -2.12. The van der Waals surface area contributed by atoms with Gasteiger partial charge < -0.3 is 9.67 Å². The molecule has 0 spiro atoms. The van der Waals surface area contributed by atoms with Crippen LogP contribution in [0.5, 0.6) is 0 Å². The number of hydrogen-bond donors (Lipinski definition) is 1. The van der Waals surface area contributed by atoms with E-state index >= 15 is 0 Å². The Kier molecular flexibility index (Phi) is 4.93. The van der Waals surface area contributed by atoms with Gasteiger partial charge >= 0.3 is 0 Å². The van der Waals surface area contributed by atoms with Crippen LogP contribution in [0.2, 0.25) is 0 Å². The van der Waals surface area contributed by atoms with Crippen molar-refractivity contribution in [1.29, 1.82) is 0 Å². The van der Waals surface area contributed by atoms with Crippen LogP contribution >= 0.6 is 0 Å². The van der Waals surface area contributed by atoms with Gasteiger partial charge in [0, 0.05) is 13.0 Å². The number of rotatable bonds is 6. The van der Waals surface area contributed by atoms with E-state index in [0.717, 1.165) is 25.2 Å². The lowest BCUT2D eigenvalue weighted by atomic mass is 10.1. The summed E-state index contributed by atoms with van der Waals surface area (Å²) >= 11 is 0. The third kappa shape index (κ3) is 3.59. The molecule has 1 N–H and O–H groups in total. The molecule has 0 amide bonds. The van der Waals surface area contributed by atoms with Gasteiger partial charge in [0.1, 0.15) is 12.4 Å². The maximum Gasteiger partial charge on any atom is 0.158 e. The minimum atomic E-state index is -0.0264. The van der Waals surface area contributed by atoms with Gasteiger partial charge in [-0.2, -0.15) is 0 Å². The van der Waals surface area contributed by atoms with Crippen LogP contribution in [0.25, 0.3) is 0 Å². The molecule has 92 valence electrons. The summed E-state index contributed by atoms with van der Waals surface area (Å²) in [5.41, 5.74) is 0. The number of nitrogens with zero attached hydrogens (tertiary/aromatic N) is 3. The van der Waals surface area contributed by atoms with Gasteiger partial charge in [-0.3, -0.25) is 0 Å². The summed E-state index contributed by atoms with van der Waals surface area (Å²) in [6.07, 6.45) is 2.05. The van der Waals surface area contributed by atoms with Crippen molar-refractivity contribution < 1.29 is 5.11 Å². The Bertz CT molecular complexity index is 318. The molecule has 0 aliphatic carbocycles. The van der Waals surface area contributed by atoms with E-state index in [2.05, 4.69) is 42.5 Å². The van der Waals surface area contributed by atoms with Gasteiger partial charge in [0.25, 0.3) is 0 Å². The average Bonchev–Trinajstić information content (AvgIpc) is 2.56. The molecule has 16 heavy (non-hydrogen) atoms. The van der Waals surface area contributed by atoms with E-state index in [9.17, 15) is 5.11 Å². The topological polar surface area (TPSA) is 50.9 Å². The summed E-state index contributed by atoms with van der Waals surface area (Å²) in [6, 6.07) is 0. The zero-order valence-electron chi connectivity index (χ0n) is 10.8. The number of aromatic nitrogens is 3. The summed E-state index contributed by atoms with van der Waals surface area (Å²) in [5, 5.41) is 17.4. The van der Waals surface area contributed by atoms with Crippen LogP contribution in [-0.2, 0) is 19.6 Å². The summed E-state index contributed by atoms with van der Waals surface area (Å²) in [6.45, 7) is 9.59. The molecule has 0 saturated heterocycles. The maximum absolute atomic E-state index is 9.20. The van der Waals surface area contributed by atoms with E-state index in [0.29, 0.717) is 17.7 Å². The van der Waals surface area contributed by atoms with E-state index in [4.69, 9.17) is 0 Å². The van der Waals surface area contributed by atoms with Crippen molar-refractivity contribution >= 4 is 0 Å². The van der Waals surface area contributed by atoms with Crippen molar-refractivity contribution in [3.05, 3.63) is 11.6 Å². The van der Waals surface area contributed by atoms with Crippen LogP contribution in [0.15, 0.2) is 0 Å². The predicted molar refractivity (Wildman–Crippen MR) is 63.9 cm³/mol. The quantitative estimate of drug-likeness (QED) is 0.805. The normalized spacial score (nSPS) is 11.7.